The Labute approximate surface area is 87.0 Å². The highest BCUT2D eigenvalue weighted by Gasteiger charge is 1.98. The third-order valence-electron chi connectivity index (χ3n) is 1.69. The molecule has 0 aliphatic heterocycles. The molecule has 0 saturated heterocycles. The maximum atomic E-state index is 9.38. The molecule has 2 N–H and O–H groups in total. The van der Waals surface area contributed by atoms with Crippen LogP contribution in [0, 0.1) is 0 Å². The van der Waals surface area contributed by atoms with Crippen LogP contribution in [0.4, 0.5) is 0 Å². The highest BCUT2D eigenvalue weighted by Crippen LogP contribution is 2.14. The van der Waals surface area contributed by atoms with Gasteiger partial charge in [0.1, 0.15) is 5.75 Å². The lowest BCUT2D eigenvalue weighted by Gasteiger charge is -2.08. The molecule has 1 aromatic rings. The van der Waals surface area contributed by atoms with Gasteiger partial charge < -0.3 is 10.4 Å². The molecule has 0 bridgehead atoms. The largest absolute Gasteiger partial charge is 0.508 e. The van der Waals surface area contributed by atoms with Crippen molar-refractivity contribution in [2.75, 3.05) is 0 Å². The number of rotatable bonds is 3. The van der Waals surface area contributed by atoms with Crippen LogP contribution in [0.2, 0.25) is 0 Å². The van der Waals surface area contributed by atoms with Crippen molar-refractivity contribution >= 4 is 0 Å². The van der Waals surface area contributed by atoms with E-state index in [0.29, 0.717) is 11.8 Å². The second kappa shape index (κ2) is 7.39. The number of para-hydroxylation sites is 1. The van der Waals surface area contributed by atoms with E-state index < -0.39 is 0 Å². The molecule has 0 heterocycles. The molecule has 0 aliphatic rings. The minimum absolute atomic E-state index is 0.366. The third kappa shape index (κ3) is 4.87. The summed E-state index contributed by atoms with van der Waals surface area (Å²) < 4.78 is 0. The van der Waals surface area contributed by atoms with Crippen molar-refractivity contribution in [3.8, 4) is 5.75 Å². The fourth-order valence-electron chi connectivity index (χ4n) is 0.974. The van der Waals surface area contributed by atoms with E-state index in [4.69, 9.17) is 0 Å². The van der Waals surface area contributed by atoms with Crippen molar-refractivity contribution in [3.63, 3.8) is 0 Å². The highest BCUT2D eigenvalue weighted by atomic mass is 16.3. The van der Waals surface area contributed by atoms with Crippen LogP contribution in [-0.4, -0.2) is 11.1 Å². The standard InChI is InChI=1S/C10H15NO.C2H6/c1-8(2)11-7-9-5-3-4-6-10(9)12;1-2/h3-6,8,11-12H,7H2,1-2H3;1-2H3. The van der Waals surface area contributed by atoms with Crippen LogP contribution in [0.15, 0.2) is 24.3 Å². The first-order valence-corrected chi connectivity index (χ1v) is 5.20. The Morgan fingerprint density at radius 2 is 1.79 bits per heavy atom. The predicted molar refractivity (Wildman–Crippen MR) is 61.4 cm³/mol. The fraction of sp³-hybridized carbons (Fsp3) is 0.500. The van der Waals surface area contributed by atoms with Crippen molar-refractivity contribution in [1.29, 1.82) is 0 Å². The van der Waals surface area contributed by atoms with Gasteiger partial charge >= 0.3 is 0 Å². The van der Waals surface area contributed by atoms with Crippen LogP contribution in [-0.2, 0) is 6.54 Å². The minimum Gasteiger partial charge on any atom is -0.508 e. The number of aromatic hydroxyl groups is 1. The average molecular weight is 195 g/mol. The lowest BCUT2D eigenvalue weighted by molar-refractivity contribution is 0.461. The van der Waals surface area contributed by atoms with Crippen molar-refractivity contribution in [3.05, 3.63) is 29.8 Å². The number of phenols is 1. The van der Waals surface area contributed by atoms with E-state index in [1.807, 2.05) is 32.0 Å². The predicted octanol–water partition coefficient (Wildman–Crippen LogP) is 2.92. The third-order valence-corrected chi connectivity index (χ3v) is 1.69. The lowest BCUT2D eigenvalue weighted by Crippen LogP contribution is -2.21. The monoisotopic (exact) mass is 195 g/mol. The van der Waals surface area contributed by atoms with Gasteiger partial charge in [0, 0.05) is 18.2 Å². The molecule has 0 fully saturated rings. The van der Waals surface area contributed by atoms with Gasteiger partial charge in [0.15, 0.2) is 0 Å². The van der Waals surface area contributed by atoms with Crippen LogP contribution in [0.1, 0.15) is 33.3 Å². The number of hydrogen-bond donors (Lipinski definition) is 2. The molecule has 0 radical (unpaired) electrons. The molecule has 80 valence electrons. The molecule has 14 heavy (non-hydrogen) atoms. The molecule has 0 aromatic heterocycles. The lowest BCUT2D eigenvalue weighted by atomic mass is 10.2. The second-order valence-corrected chi connectivity index (χ2v) is 3.16. The molecular weight excluding hydrogens is 174 g/mol. The Balaban J connectivity index is 0.000000791. The van der Waals surface area contributed by atoms with Crippen LogP contribution in [0.25, 0.3) is 0 Å². The molecule has 0 spiro atoms. The Kier molecular flexibility index (Phi) is 6.85. The van der Waals surface area contributed by atoms with E-state index in [2.05, 4.69) is 19.2 Å². The van der Waals surface area contributed by atoms with E-state index in [1.165, 1.54) is 0 Å². The normalized spacial score (nSPS) is 9.50. The molecule has 0 saturated carbocycles. The first kappa shape index (κ1) is 13.0. The Bertz CT molecular complexity index is 246. The van der Waals surface area contributed by atoms with Gasteiger partial charge in [-0.25, -0.2) is 0 Å². The van der Waals surface area contributed by atoms with Gasteiger partial charge in [-0.1, -0.05) is 45.9 Å². The van der Waals surface area contributed by atoms with Crippen LogP contribution in [0.3, 0.4) is 0 Å². The summed E-state index contributed by atoms with van der Waals surface area (Å²) in [5.41, 5.74) is 0.950. The number of benzene rings is 1. The quantitative estimate of drug-likeness (QED) is 0.777. The summed E-state index contributed by atoms with van der Waals surface area (Å²) >= 11 is 0. The van der Waals surface area contributed by atoms with E-state index in [-0.39, 0.29) is 0 Å². The fourth-order valence-corrected chi connectivity index (χ4v) is 0.974. The topological polar surface area (TPSA) is 32.3 Å². The van der Waals surface area contributed by atoms with Gasteiger partial charge in [-0.2, -0.15) is 0 Å². The molecule has 1 rings (SSSR count). The molecule has 0 atom stereocenters. The highest BCUT2D eigenvalue weighted by molar-refractivity contribution is 5.31. The molecule has 2 nitrogen and oxygen atoms in total. The summed E-state index contributed by atoms with van der Waals surface area (Å²) in [7, 11) is 0. The molecule has 2 heteroatoms. The smallest absolute Gasteiger partial charge is 0.120 e. The molecule has 0 aliphatic carbocycles. The van der Waals surface area contributed by atoms with Gasteiger partial charge in [0.05, 0.1) is 0 Å². The Morgan fingerprint density at radius 1 is 1.21 bits per heavy atom. The molecule has 0 unspecified atom stereocenters. The summed E-state index contributed by atoms with van der Waals surface area (Å²) in [6.45, 7) is 8.89. The number of hydrogen-bond acceptors (Lipinski definition) is 2. The zero-order valence-electron chi connectivity index (χ0n) is 9.54. The Hall–Kier alpha value is -1.02. The van der Waals surface area contributed by atoms with E-state index in [1.54, 1.807) is 6.07 Å². The first-order chi connectivity index (χ1) is 6.70. The van der Waals surface area contributed by atoms with E-state index >= 15 is 0 Å². The maximum absolute atomic E-state index is 9.38. The summed E-state index contributed by atoms with van der Waals surface area (Å²) in [6.07, 6.45) is 0. The summed E-state index contributed by atoms with van der Waals surface area (Å²) in [5.74, 6) is 0.366. The van der Waals surface area contributed by atoms with Crippen LogP contribution < -0.4 is 5.32 Å². The first-order valence-electron chi connectivity index (χ1n) is 5.20. The summed E-state index contributed by atoms with van der Waals surface area (Å²) in [6, 6.07) is 7.83. The van der Waals surface area contributed by atoms with Gasteiger partial charge in [-0.15, -0.1) is 0 Å². The molecule has 0 amide bonds. The van der Waals surface area contributed by atoms with Gasteiger partial charge in [0.2, 0.25) is 0 Å². The van der Waals surface area contributed by atoms with Gasteiger partial charge in [-0.3, -0.25) is 0 Å². The van der Waals surface area contributed by atoms with Gasteiger partial charge in [-0.05, 0) is 6.07 Å². The van der Waals surface area contributed by atoms with Crippen molar-refractivity contribution < 1.29 is 5.11 Å². The summed E-state index contributed by atoms with van der Waals surface area (Å²) in [4.78, 5) is 0. The van der Waals surface area contributed by atoms with Crippen molar-refractivity contribution in [2.45, 2.75) is 40.3 Å². The SMILES string of the molecule is CC.CC(C)NCc1ccccc1O. The second-order valence-electron chi connectivity index (χ2n) is 3.16. The van der Waals surface area contributed by atoms with Crippen LogP contribution in [0.5, 0.6) is 5.75 Å². The zero-order chi connectivity index (χ0) is 11.0. The van der Waals surface area contributed by atoms with Crippen LogP contribution >= 0.6 is 0 Å². The number of nitrogens with one attached hydrogen (secondary N) is 1. The maximum Gasteiger partial charge on any atom is 0.120 e. The summed E-state index contributed by atoms with van der Waals surface area (Å²) in [5, 5.41) is 12.6. The van der Waals surface area contributed by atoms with Gasteiger partial charge in [0.25, 0.3) is 0 Å². The van der Waals surface area contributed by atoms with E-state index in [0.717, 1.165) is 12.1 Å². The van der Waals surface area contributed by atoms with E-state index in [9.17, 15) is 5.11 Å². The minimum atomic E-state index is 0.366. The molecule has 1 aromatic carbocycles. The van der Waals surface area contributed by atoms with Crippen molar-refractivity contribution in [1.82, 2.24) is 5.32 Å². The number of phenolic OH excluding ortho intramolecular Hbond substituents is 1. The van der Waals surface area contributed by atoms with Crippen molar-refractivity contribution in [2.24, 2.45) is 0 Å². The average Bonchev–Trinajstić information content (AvgIpc) is 2.19. The Morgan fingerprint density at radius 3 is 2.29 bits per heavy atom. The zero-order valence-corrected chi connectivity index (χ0v) is 9.54. The molecular formula is C12H21NO.